The summed E-state index contributed by atoms with van der Waals surface area (Å²) in [6, 6.07) is 0. The molecule has 0 radical (unpaired) electrons. The number of hydrogen-bond donors (Lipinski definition) is 3. The van der Waals surface area contributed by atoms with E-state index in [-0.39, 0.29) is 0 Å². The number of aromatic amines is 1. The van der Waals surface area contributed by atoms with Crippen LogP contribution in [0.25, 0.3) is 0 Å². The molecular weight excluding hydrogens is 248 g/mol. The van der Waals surface area contributed by atoms with Crippen LogP contribution in [0.1, 0.15) is 30.2 Å². The molecule has 4 nitrogen and oxygen atoms in total. The predicted molar refractivity (Wildman–Crippen MR) is 57.5 cm³/mol. The van der Waals surface area contributed by atoms with Crippen molar-refractivity contribution in [3.05, 3.63) is 17.2 Å². The molecular formula is C9H15BrN2O2. The first-order chi connectivity index (χ1) is 6.60. The first-order valence-corrected chi connectivity index (χ1v) is 5.69. The van der Waals surface area contributed by atoms with Crippen LogP contribution in [0, 0.1) is 6.92 Å². The Morgan fingerprint density at radius 1 is 1.50 bits per heavy atom. The number of H-pyrrole nitrogens is 1. The average molecular weight is 263 g/mol. The summed E-state index contributed by atoms with van der Waals surface area (Å²) in [5.74, 6) is 0.832. The van der Waals surface area contributed by atoms with Gasteiger partial charge in [0.1, 0.15) is 11.9 Å². The smallest absolute Gasteiger partial charge is 0.124 e. The highest BCUT2D eigenvalue weighted by molar-refractivity contribution is 9.09. The third-order valence-electron chi connectivity index (χ3n) is 2.11. The molecule has 0 saturated carbocycles. The molecule has 0 aliphatic carbocycles. The summed E-state index contributed by atoms with van der Waals surface area (Å²) < 4.78 is 0. The highest BCUT2D eigenvalue weighted by Crippen LogP contribution is 2.19. The van der Waals surface area contributed by atoms with Gasteiger partial charge in [-0.3, -0.25) is 0 Å². The number of nitrogens with zero attached hydrogens (tertiary/aromatic N) is 1. The number of imidazole rings is 1. The fourth-order valence-electron chi connectivity index (χ4n) is 1.26. The average Bonchev–Trinajstić information content (AvgIpc) is 2.57. The van der Waals surface area contributed by atoms with Gasteiger partial charge in [-0.1, -0.05) is 22.9 Å². The first-order valence-electron chi connectivity index (χ1n) is 4.57. The maximum Gasteiger partial charge on any atom is 0.124 e. The van der Waals surface area contributed by atoms with Crippen LogP contribution in [0.2, 0.25) is 0 Å². The molecule has 3 N–H and O–H groups in total. The molecule has 0 aromatic carbocycles. The molecule has 0 amide bonds. The summed E-state index contributed by atoms with van der Waals surface area (Å²) in [5, 5.41) is 19.5. The Hall–Kier alpha value is -0.390. The van der Waals surface area contributed by atoms with E-state index in [1.165, 1.54) is 0 Å². The zero-order valence-electron chi connectivity index (χ0n) is 8.29. The summed E-state index contributed by atoms with van der Waals surface area (Å²) in [7, 11) is 0. The minimum Gasteiger partial charge on any atom is -0.389 e. The molecule has 0 aliphatic heterocycles. The maximum atomic E-state index is 9.72. The van der Waals surface area contributed by atoms with E-state index >= 15 is 0 Å². The number of nitrogens with one attached hydrogen (secondary N) is 1. The Labute approximate surface area is 91.5 Å². The van der Waals surface area contributed by atoms with E-state index in [0.717, 1.165) is 17.9 Å². The van der Waals surface area contributed by atoms with Crippen LogP contribution in [-0.4, -0.2) is 31.6 Å². The second-order valence-corrected chi connectivity index (χ2v) is 3.86. The van der Waals surface area contributed by atoms with Crippen molar-refractivity contribution in [3.8, 4) is 0 Å². The van der Waals surface area contributed by atoms with Crippen LogP contribution in [0.15, 0.2) is 0 Å². The van der Waals surface area contributed by atoms with E-state index in [1.54, 1.807) is 0 Å². The molecule has 1 aromatic heterocycles. The van der Waals surface area contributed by atoms with Crippen LogP contribution >= 0.6 is 15.9 Å². The molecule has 1 rings (SSSR count). The molecule has 14 heavy (non-hydrogen) atoms. The van der Waals surface area contributed by atoms with E-state index in [1.807, 2.05) is 13.8 Å². The quantitative estimate of drug-likeness (QED) is 0.712. The molecule has 5 heteroatoms. The van der Waals surface area contributed by atoms with Gasteiger partial charge in [-0.05, 0) is 6.92 Å². The Morgan fingerprint density at radius 2 is 2.14 bits per heavy atom. The number of aliphatic hydroxyl groups excluding tert-OH is 2. The summed E-state index contributed by atoms with van der Waals surface area (Å²) >= 11 is 3.11. The predicted octanol–water partition coefficient (Wildman–Crippen LogP) is 1.07. The van der Waals surface area contributed by atoms with E-state index in [9.17, 15) is 10.2 Å². The molecule has 0 bridgehead atoms. The summed E-state index contributed by atoms with van der Waals surface area (Å²) in [5.41, 5.74) is 1.35. The summed E-state index contributed by atoms with van der Waals surface area (Å²) in [6.45, 7) is 3.82. The Kier molecular flexibility index (Phi) is 4.10. The Morgan fingerprint density at radius 3 is 2.57 bits per heavy atom. The number of halogens is 1. The number of aryl methyl sites for hydroxylation is 2. The van der Waals surface area contributed by atoms with Crippen LogP contribution < -0.4 is 0 Å². The van der Waals surface area contributed by atoms with Crippen molar-refractivity contribution in [2.45, 2.75) is 32.5 Å². The second kappa shape index (κ2) is 4.91. The van der Waals surface area contributed by atoms with Gasteiger partial charge in [0.2, 0.25) is 0 Å². The molecule has 1 heterocycles. The fraction of sp³-hybridized carbons (Fsp3) is 0.667. The lowest BCUT2D eigenvalue weighted by molar-refractivity contribution is 0.0313. The maximum absolute atomic E-state index is 9.72. The lowest BCUT2D eigenvalue weighted by Crippen LogP contribution is -2.20. The molecule has 0 aliphatic rings. The van der Waals surface area contributed by atoms with Crippen LogP contribution in [0.3, 0.4) is 0 Å². The van der Waals surface area contributed by atoms with Gasteiger partial charge in [0.05, 0.1) is 11.8 Å². The summed E-state index contributed by atoms with van der Waals surface area (Å²) in [6.07, 6.45) is -0.953. The van der Waals surface area contributed by atoms with Gasteiger partial charge in [-0.25, -0.2) is 4.98 Å². The number of aliphatic hydroxyl groups is 2. The summed E-state index contributed by atoms with van der Waals surface area (Å²) in [4.78, 5) is 7.27. The van der Waals surface area contributed by atoms with Crippen molar-refractivity contribution in [3.63, 3.8) is 0 Å². The van der Waals surface area contributed by atoms with Crippen molar-refractivity contribution >= 4 is 15.9 Å². The topological polar surface area (TPSA) is 69.1 Å². The van der Waals surface area contributed by atoms with E-state index < -0.39 is 12.2 Å². The standard InChI is InChI=1S/C9H15BrN2O2/c1-3-7-11-5(2)8(12-7)9(14)6(13)4-10/h6,9,13-14H,3-4H2,1-2H3,(H,11,12). The number of rotatable bonds is 4. The molecule has 1 aromatic rings. The van der Waals surface area contributed by atoms with Gasteiger partial charge in [-0.15, -0.1) is 0 Å². The van der Waals surface area contributed by atoms with E-state index in [4.69, 9.17) is 0 Å². The van der Waals surface area contributed by atoms with E-state index in [2.05, 4.69) is 25.9 Å². The Bertz CT molecular complexity index is 301. The van der Waals surface area contributed by atoms with Crippen molar-refractivity contribution in [2.24, 2.45) is 0 Å². The molecule has 80 valence electrons. The number of hydrogen-bond acceptors (Lipinski definition) is 3. The van der Waals surface area contributed by atoms with Crippen LogP contribution in [0.4, 0.5) is 0 Å². The highest BCUT2D eigenvalue weighted by atomic mass is 79.9. The fourth-order valence-corrected chi connectivity index (χ4v) is 1.61. The molecule has 0 fully saturated rings. The van der Waals surface area contributed by atoms with Gasteiger partial charge in [-0.2, -0.15) is 0 Å². The molecule has 2 unspecified atom stereocenters. The molecule has 2 atom stereocenters. The van der Waals surface area contributed by atoms with Crippen molar-refractivity contribution in [2.75, 3.05) is 5.33 Å². The monoisotopic (exact) mass is 262 g/mol. The van der Waals surface area contributed by atoms with Gasteiger partial charge in [0.15, 0.2) is 0 Å². The SMILES string of the molecule is CCc1nc(C(O)C(O)CBr)c(C)[nH]1. The molecule has 0 saturated heterocycles. The normalized spacial score (nSPS) is 15.5. The third kappa shape index (κ3) is 2.34. The lowest BCUT2D eigenvalue weighted by Gasteiger charge is -2.13. The zero-order chi connectivity index (χ0) is 10.7. The largest absolute Gasteiger partial charge is 0.389 e. The van der Waals surface area contributed by atoms with Crippen molar-refractivity contribution in [1.29, 1.82) is 0 Å². The van der Waals surface area contributed by atoms with E-state index in [0.29, 0.717) is 11.0 Å². The van der Waals surface area contributed by atoms with Gasteiger partial charge >= 0.3 is 0 Å². The van der Waals surface area contributed by atoms with Crippen LogP contribution in [-0.2, 0) is 6.42 Å². The minimum absolute atomic E-state index is 0.335. The van der Waals surface area contributed by atoms with Crippen molar-refractivity contribution in [1.82, 2.24) is 9.97 Å². The first kappa shape index (κ1) is 11.7. The van der Waals surface area contributed by atoms with Gasteiger partial charge in [0, 0.05) is 17.4 Å². The molecule has 0 spiro atoms. The Balaban J connectivity index is 2.88. The minimum atomic E-state index is -0.925. The highest BCUT2D eigenvalue weighted by Gasteiger charge is 2.22. The van der Waals surface area contributed by atoms with Crippen LogP contribution in [0.5, 0.6) is 0 Å². The van der Waals surface area contributed by atoms with Gasteiger partial charge < -0.3 is 15.2 Å². The van der Waals surface area contributed by atoms with Gasteiger partial charge in [0.25, 0.3) is 0 Å². The zero-order valence-corrected chi connectivity index (χ0v) is 9.87. The second-order valence-electron chi connectivity index (χ2n) is 3.21. The number of aromatic nitrogens is 2. The lowest BCUT2D eigenvalue weighted by atomic mass is 10.1. The third-order valence-corrected chi connectivity index (χ3v) is 2.77. The van der Waals surface area contributed by atoms with Crippen molar-refractivity contribution < 1.29 is 10.2 Å². The number of alkyl halides is 1.